The maximum Gasteiger partial charge on any atom is 0.182 e. The minimum atomic E-state index is 0.300. The summed E-state index contributed by atoms with van der Waals surface area (Å²) in [5, 5.41) is 8.52. The molecule has 0 amide bonds. The smallest absolute Gasteiger partial charge is 0.182 e. The molecule has 0 saturated carbocycles. The minimum absolute atomic E-state index is 0.300. The molecule has 2 heterocycles. The van der Waals surface area contributed by atoms with Crippen molar-refractivity contribution in [1.82, 2.24) is 19.7 Å². The van der Waals surface area contributed by atoms with Crippen LogP contribution in [0.5, 0.6) is 0 Å². The van der Waals surface area contributed by atoms with E-state index in [0.717, 1.165) is 22.9 Å². The molecule has 3 rings (SSSR count). The van der Waals surface area contributed by atoms with E-state index >= 15 is 0 Å². The molecule has 4 nitrogen and oxygen atoms in total. The van der Waals surface area contributed by atoms with E-state index in [-0.39, 0.29) is 0 Å². The van der Waals surface area contributed by atoms with Crippen molar-refractivity contribution in [3.05, 3.63) is 54.0 Å². The molecule has 0 spiro atoms. The summed E-state index contributed by atoms with van der Waals surface area (Å²) < 4.78 is 2.12. The van der Waals surface area contributed by atoms with Crippen molar-refractivity contribution in [2.75, 3.05) is 0 Å². The molecule has 0 aliphatic rings. The fraction of sp³-hybridized carbons (Fsp3) is 0.278. The predicted octanol–water partition coefficient (Wildman–Crippen LogP) is 4.20. The normalized spacial score (nSPS) is 11.1. The average molecular weight is 292 g/mol. The quantitative estimate of drug-likeness (QED) is 0.726. The van der Waals surface area contributed by atoms with Crippen LogP contribution in [0.15, 0.2) is 42.6 Å². The summed E-state index contributed by atoms with van der Waals surface area (Å²) in [7, 11) is 0. The first kappa shape index (κ1) is 14.4. The van der Waals surface area contributed by atoms with E-state index in [0.29, 0.717) is 6.04 Å². The van der Waals surface area contributed by atoms with Crippen LogP contribution < -0.4 is 0 Å². The molecule has 0 radical (unpaired) electrons. The topological polar surface area (TPSA) is 43.6 Å². The molecule has 22 heavy (non-hydrogen) atoms. The van der Waals surface area contributed by atoms with Crippen molar-refractivity contribution in [3.63, 3.8) is 0 Å². The molecule has 0 bridgehead atoms. The Morgan fingerprint density at radius 3 is 2.50 bits per heavy atom. The molecule has 0 aliphatic heterocycles. The molecule has 4 heteroatoms. The van der Waals surface area contributed by atoms with Gasteiger partial charge in [0.2, 0.25) is 0 Å². The number of rotatable bonds is 3. The van der Waals surface area contributed by atoms with Crippen molar-refractivity contribution >= 4 is 0 Å². The van der Waals surface area contributed by atoms with Gasteiger partial charge in [-0.2, -0.15) is 0 Å². The third-order valence-corrected chi connectivity index (χ3v) is 3.83. The number of aromatic nitrogens is 4. The Balaban J connectivity index is 2.12. The second-order valence-electron chi connectivity index (χ2n) is 5.78. The molecule has 0 N–H and O–H groups in total. The van der Waals surface area contributed by atoms with Gasteiger partial charge in [0.1, 0.15) is 11.5 Å². The van der Waals surface area contributed by atoms with E-state index in [2.05, 4.69) is 70.9 Å². The SMILES string of the molecule is Cc1ccccc1-c1ccnc(-c2nnc(C)n2C(C)C)c1. The highest BCUT2D eigenvalue weighted by molar-refractivity contribution is 5.70. The fourth-order valence-corrected chi connectivity index (χ4v) is 2.78. The number of hydrogen-bond donors (Lipinski definition) is 0. The van der Waals surface area contributed by atoms with Crippen molar-refractivity contribution in [2.45, 2.75) is 33.7 Å². The lowest BCUT2D eigenvalue weighted by atomic mass is 10.0. The van der Waals surface area contributed by atoms with Crippen LogP contribution in [-0.2, 0) is 0 Å². The van der Waals surface area contributed by atoms with E-state index in [1.165, 1.54) is 11.1 Å². The van der Waals surface area contributed by atoms with Gasteiger partial charge in [0, 0.05) is 12.2 Å². The summed E-state index contributed by atoms with van der Waals surface area (Å²) in [5.74, 6) is 1.73. The monoisotopic (exact) mass is 292 g/mol. The maximum atomic E-state index is 4.50. The standard InChI is InChI=1S/C18H20N4/c1-12(2)22-14(4)20-21-18(22)17-11-15(9-10-19-17)16-8-6-5-7-13(16)3/h5-12H,1-4H3. The number of hydrogen-bond acceptors (Lipinski definition) is 3. The maximum absolute atomic E-state index is 4.50. The second-order valence-corrected chi connectivity index (χ2v) is 5.78. The highest BCUT2D eigenvalue weighted by Gasteiger charge is 2.15. The predicted molar refractivity (Wildman–Crippen MR) is 88.5 cm³/mol. The first-order valence-corrected chi connectivity index (χ1v) is 7.52. The number of pyridine rings is 1. The van der Waals surface area contributed by atoms with Gasteiger partial charge in [0.05, 0.1) is 0 Å². The zero-order valence-corrected chi connectivity index (χ0v) is 13.4. The van der Waals surface area contributed by atoms with Crippen LogP contribution in [0.25, 0.3) is 22.6 Å². The Kier molecular flexibility index (Phi) is 3.75. The van der Waals surface area contributed by atoms with Crippen molar-refractivity contribution < 1.29 is 0 Å². The average Bonchev–Trinajstić information content (AvgIpc) is 2.90. The Morgan fingerprint density at radius 2 is 1.77 bits per heavy atom. The molecule has 3 aromatic rings. The first-order chi connectivity index (χ1) is 10.6. The Hall–Kier alpha value is -2.49. The molecule has 2 aromatic heterocycles. The van der Waals surface area contributed by atoms with Crippen LogP contribution in [0.4, 0.5) is 0 Å². The van der Waals surface area contributed by atoms with Gasteiger partial charge in [-0.15, -0.1) is 10.2 Å². The highest BCUT2D eigenvalue weighted by atomic mass is 15.3. The molecular weight excluding hydrogens is 272 g/mol. The van der Waals surface area contributed by atoms with Gasteiger partial charge in [0.15, 0.2) is 5.82 Å². The summed E-state index contributed by atoms with van der Waals surface area (Å²) >= 11 is 0. The number of aryl methyl sites for hydroxylation is 2. The third kappa shape index (κ3) is 2.52. The van der Waals surface area contributed by atoms with Gasteiger partial charge in [-0.3, -0.25) is 4.98 Å². The summed E-state index contributed by atoms with van der Waals surface area (Å²) in [6.45, 7) is 8.36. The van der Waals surface area contributed by atoms with Gasteiger partial charge in [-0.25, -0.2) is 0 Å². The lowest BCUT2D eigenvalue weighted by molar-refractivity contribution is 0.587. The Bertz CT molecular complexity index is 802. The number of benzene rings is 1. The first-order valence-electron chi connectivity index (χ1n) is 7.52. The van der Waals surface area contributed by atoms with Gasteiger partial charge >= 0.3 is 0 Å². The zero-order chi connectivity index (χ0) is 15.7. The number of nitrogens with zero attached hydrogens (tertiary/aromatic N) is 4. The van der Waals surface area contributed by atoms with Gasteiger partial charge in [-0.05, 0) is 56.5 Å². The van der Waals surface area contributed by atoms with Gasteiger partial charge in [-0.1, -0.05) is 24.3 Å². The van der Waals surface area contributed by atoms with Crippen LogP contribution in [-0.4, -0.2) is 19.7 Å². The van der Waals surface area contributed by atoms with E-state index < -0.39 is 0 Å². The lowest BCUT2D eigenvalue weighted by Crippen LogP contribution is -2.06. The molecule has 1 aromatic carbocycles. The molecule has 0 aliphatic carbocycles. The molecule has 112 valence electrons. The summed E-state index contributed by atoms with van der Waals surface area (Å²) in [6.07, 6.45) is 1.84. The molecule has 0 unspecified atom stereocenters. The zero-order valence-electron chi connectivity index (χ0n) is 13.4. The van der Waals surface area contributed by atoms with E-state index in [1.807, 2.05) is 19.2 Å². The molecule has 0 fully saturated rings. The van der Waals surface area contributed by atoms with E-state index in [9.17, 15) is 0 Å². The van der Waals surface area contributed by atoms with Crippen LogP contribution >= 0.6 is 0 Å². The second kappa shape index (κ2) is 5.72. The van der Waals surface area contributed by atoms with Crippen LogP contribution in [0, 0.1) is 13.8 Å². The molecule has 0 saturated heterocycles. The van der Waals surface area contributed by atoms with Crippen LogP contribution in [0.1, 0.15) is 31.3 Å². The third-order valence-electron chi connectivity index (χ3n) is 3.83. The van der Waals surface area contributed by atoms with Gasteiger partial charge < -0.3 is 4.57 Å². The van der Waals surface area contributed by atoms with Crippen molar-refractivity contribution in [2.24, 2.45) is 0 Å². The fourth-order valence-electron chi connectivity index (χ4n) is 2.78. The van der Waals surface area contributed by atoms with Crippen LogP contribution in [0.3, 0.4) is 0 Å². The molecular formula is C18H20N4. The Labute approximate surface area is 130 Å². The van der Waals surface area contributed by atoms with Crippen LogP contribution in [0.2, 0.25) is 0 Å². The van der Waals surface area contributed by atoms with Gasteiger partial charge in [0.25, 0.3) is 0 Å². The largest absolute Gasteiger partial charge is 0.307 e. The molecule has 0 atom stereocenters. The minimum Gasteiger partial charge on any atom is -0.307 e. The van der Waals surface area contributed by atoms with Crippen molar-refractivity contribution in [3.8, 4) is 22.6 Å². The van der Waals surface area contributed by atoms with Crippen molar-refractivity contribution in [1.29, 1.82) is 0 Å². The summed E-state index contributed by atoms with van der Waals surface area (Å²) in [4.78, 5) is 4.50. The lowest BCUT2D eigenvalue weighted by Gasteiger charge is -2.12. The summed E-state index contributed by atoms with van der Waals surface area (Å²) in [6, 6.07) is 12.8. The van der Waals surface area contributed by atoms with E-state index in [1.54, 1.807) is 0 Å². The summed E-state index contributed by atoms with van der Waals surface area (Å²) in [5.41, 5.74) is 4.48. The van der Waals surface area contributed by atoms with E-state index in [4.69, 9.17) is 0 Å². The highest BCUT2D eigenvalue weighted by Crippen LogP contribution is 2.27. The Morgan fingerprint density at radius 1 is 1.00 bits per heavy atom.